The molecule has 1 atom stereocenters. The highest BCUT2D eigenvalue weighted by atomic mass is 35.5. The van der Waals surface area contributed by atoms with Crippen molar-refractivity contribution in [2.24, 2.45) is 5.84 Å². The zero-order chi connectivity index (χ0) is 13.8. The highest BCUT2D eigenvalue weighted by molar-refractivity contribution is 6.33. The second kappa shape index (κ2) is 6.16. The molecule has 1 heterocycles. The van der Waals surface area contributed by atoms with Gasteiger partial charge in [-0.3, -0.25) is 10.8 Å². The van der Waals surface area contributed by atoms with Gasteiger partial charge >= 0.3 is 0 Å². The molecule has 2 aromatic rings. The highest BCUT2D eigenvalue weighted by Gasteiger charge is 2.22. The van der Waals surface area contributed by atoms with Gasteiger partial charge in [0.05, 0.1) is 13.2 Å². The Hall–Kier alpha value is -1.40. The summed E-state index contributed by atoms with van der Waals surface area (Å²) < 4.78 is 5.17. The minimum Gasteiger partial charge on any atom is -0.480 e. The third kappa shape index (κ3) is 2.96. The number of ether oxygens (including phenoxy) is 1. The molecule has 1 aromatic heterocycles. The molecule has 3 N–H and O–H groups in total. The maximum absolute atomic E-state index is 6.17. The normalized spacial score (nSPS) is 12.2. The lowest BCUT2D eigenvalue weighted by Crippen LogP contribution is -2.30. The van der Waals surface area contributed by atoms with Crippen LogP contribution in [0.2, 0.25) is 10.0 Å². The van der Waals surface area contributed by atoms with Gasteiger partial charge in [-0.2, -0.15) is 0 Å². The summed E-state index contributed by atoms with van der Waals surface area (Å²) >= 11 is 12.2. The summed E-state index contributed by atoms with van der Waals surface area (Å²) in [4.78, 5) is 8.32. The molecule has 1 aromatic carbocycles. The van der Waals surface area contributed by atoms with E-state index in [1.54, 1.807) is 24.4 Å². The van der Waals surface area contributed by atoms with Crippen molar-refractivity contribution in [2.45, 2.75) is 6.04 Å². The summed E-state index contributed by atoms with van der Waals surface area (Å²) in [7, 11) is 1.51. The van der Waals surface area contributed by atoms with Gasteiger partial charge in [-0.25, -0.2) is 10.4 Å². The number of halogens is 2. The summed E-state index contributed by atoms with van der Waals surface area (Å²) in [5.41, 5.74) is 3.89. The van der Waals surface area contributed by atoms with Crippen LogP contribution in [-0.4, -0.2) is 17.1 Å². The molecule has 5 nitrogen and oxygen atoms in total. The number of benzene rings is 1. The van der Waals surface area contributed by atoms with E-state index in [0.717, 1.165) is 0 Å². The molecule has 2 rings (SSSR count). The van der Waals surface area contributed by atoms with Crippen LogP contribution in [0.3, 0.4) is 0 Å². The Morgan fingerprint density at radius 3 is 2.68 bits per heavy atom. The van der Waals surface area contributed by atoms with Crippen molar-refractivity contribution in [3.63, 3.8) is 0 Å². The Bertz CT molecular complexity index is 579. The van der Waals surface area contributed by atoms with Crippen LogP contribution in [0.15, 0.2) is 30.6 Å². The van der Waals surface area contributed by atoms with E-state index in [0.29, 0.717) is 27.2 Å². The molecule has 0 aliphatic heterocycles. The number of rotatable bonds is 4. The zero-order valence-corrected chi connectivity index (χ0v) is 11.6. The molecule has 0 radical (unpaired) electrons. The van der Waals surface area contributed by atoms with E-state index in [1.807, 2.05) is 0 Å². The van der Waals surface area contributed by atoms with Gasteiger partial charge in [0, 0.05) is 22.4 Å². The van der Waals surface area contributed by atoms with Crippen LogP contribution < -0.4 is 16.0 Å². The fourth-order valence-electron chi connectivity index (χ4n) is 1.74. The van der Waals surface area contributed by atoms with Crippen LogP contribution in [0.4, 0.5) is 0 Å². The Labute approximate surface area is 120 Å². The predicted molar refractivity (Wildman–Crippen MR) is 74.2 cm³/mol. The van der Waals surface area contributed by atoms with E-state index in [2.05, 4.69) is 15.4 Å². The number of methoxy groups -OCH3 is 1. The zero-order valence-electron chi connectivity index (χ0n) is 10.1. The van der Waals surface area contributed by atoms with Gasteiger partial charge in [0.25, 0.3) is 0 Å². The first kappa shape index (κ1) is 14.0. The number of hydrazine groups is 1. The van der Waals surface area contributed by atoms with Crippen molar-refractivity contribution in [3.05, 3.63) is 51.9 Å². The second-order valence-electron chi connectivity index (χ2n) is 3.72. The minimum absolute atomic E-state index is 0.376. The molecule has 0 aliphatic carbocycles. The molecule has 0 amide bonds. The molecule has 0 saturated carbocycles. The lowest BCUT2D eigenvalue weighted by molar-refractivity contribution is 0.383. The van der Waals surface area contributed by atoms with Crippen LogP contribution in [0, 0.1) is 0 Å². The standard InChI is InChI=1S/C12H12Cl2N4O/c1-19-12-11(16-4-5-17-12)10(18-15)8-6-7(13)2-3-9(8)14/h2-6,10,18H,15H2,1H3. The number of nitrogens with zero attached hydrogens (tertiary/aromatic N) is 2. The third-order valence-corrected chi connectivity index (χ3v) is 3.17. The Kier molecular flexibility index (Phi) is 4.55. The van der Waals surface area contributed by atoms with E-state index >= 15 is 0 Å². The van der Waals surface area contributed by atoms with Crippen molar-refractivity contribution < 1.29 is 4.74 Å². The number of hydrogen-bond donors (Lipinski definition) is 2. The predicted octanol–water partition coefficient (Wildman–Crippen LogP) is 2.34. The SMILES string of the molecule is COc1nccnc1C(NN)c1cc(Cl)ccc1Cl. The molecule has 0 aliphatic rings. The lowest BCUT2D eigenvalue weighted by atomic mass is 10.0. The van der Waals surface area contributed by atoms with Crippen molar-refractivity contribution in [2.75, 3.05) is 7.11 Å². The molecule has 0 fully saturated rings. The fraction of sp³-hybridized carbons (Fsp3) is 0.167. The second-order valence-corrected chi connectivity index (χ2v) is 4.56. The van der Waals surface area contributed by atoms with Gasteiger partial charge in [0.15, 0.2) is 0 Å². The molecule has 0 bridgehead atoms. The summed E-state index contributed by atoms with van der Waals surface area (Å²) in [5.74, 6) is 5.98. The molecule has 0 spiro atoms. The topological polar surface area (TPSA) is 73.1 Å². The van der Waals surface area contributed by atoms with Crippen LogP contribution in [0.25, 0.3) is 0 Å². The van der Waals surface area contributed by atoms with E-state index in [-0.39, 0.29) is 0 Å². The van der Waals surface area contributed by atoms with E-state index < -0.39 is 6.04 Å². The number of nitrogens with one attached hydrogen (secondary N) is 1. The summed E-state index contributed by atoms with van der Waals surface area (Å²) in [6.45, 7) is 0. The van der Waals surface area contributed by atoms with Gasteiger partial charge in [0.2, 0.25) is 5.88 Å². The van der Waals surface area contributed by atoms with Crippen molar-refractivity contribution in [1.29, 1.82) is 0 Å². The first-order valence-corrected chi connectivity index (χ1v) is 6.19. The molecular formula is C12H12Cl2N4O. The Morgan fingerprint density at radius 1 is 1.26 bits per heavy atom. The summed E-state index contributed by atoms with van der Waals surface area (Å²) in [6.07, 6.45) is 3.09. The first-order chi connectivity index (χ1) is 9.17. The smallest absolute Gasteiger partial charge is 0.237 e. The molecule has 19 heavy (non-hydrogen) atoms. The van der Waals surface area contributed by atoms with E-state index in [9.17, 15) is 0 Å². The molecular weight excluding hydrogens is 287 g/mol. The van der Waals surface area contributed by atoms with Crippen molar-refractivity contribution >= 4 is 23.2 Å². The van der Waals surface area contributed by atoms with Gasteiger partial charge in [-0.05, 0) is 23.8 Å². The fourth-order valence-corrected chi connectivity index (χ4v) is 2.15. The quantitative estimate of drug-likeness (QED) is 0.669. The maximum Gasteiger partial charge on any atom is 0.237 e. The lowest BCUT2D eigenvalue weighted by Gasteiger charge is -2.18. The largest absolute Gasteiger partial charge is 0.480 e. The number of hydrogen-bond acceptors (Lipinski definition) is 5. The monoisotopic (exact) mass is 298 g/mol. The average Bonchev–Trinajstić information content (AvgIpc) is 2.44. The first-order valence-electron chi connectivity index (χ1n) is 5.43. The van der Waals surface area contributed by atoms with Crippen molar-refractivity contribution in [3.8, 4) is 5.88 Å². The molecule has 1 unspecified atom stereocenters. The highest BCUT2D eigenvalue weighted by Crippen LogP contribution is 2.32. The molecule has 7 heteroatoms. The molecule has 100 valence electrons. The van der Waals surface area contributed by atoms with E-state index in [4.69, 9.17) is 33.8 Å². The third-order valence-electron chi connectivity index (χ3n) is 2.59. The van der Waals surface area contributed by atoms with Gasteiger partial charge < -0.3 is 4.74 Å². The maximum atomic E-state index is 6.17. The van der Waals surface area contributed by atoms with Gasteiger partial charge in [0.1, 0.15) is 5.69 Å². The van der Waals surface area contributed by atoms with E-state index in [1.165, 1.54) is 13.3 Å². The number of aromatic nitrogens is 2. The molecule has 0 saturated heterocycles. The van der Waals surface area contributed by atoms with Crippen LogP contribution in [-0.2, 0) is 0 Å². The van der Waals surface area contributed by atoms with Gasteiger partial charge in [-0.15, -0.1) is 0 Å². The van der Waals surface area contributed by atoms with Gasteiger partial charge in [-0.1, -0.05) is 23.2 Å². The summed E-state index contributed by atoms with van der Waals surface area (Å²) in [5, 5.41) is 1.09. The van der Waals surface area contributed by atoms with Crippen molar-refractivity contribution in [1.82, 2.24) is 15.4 Å². The summed E-state index contributed by atoms with van der Waals surface area (Å²) in [6, 6.07) is 4.67. The Morgan fingerprint density at radius 2 is 2.00 bits per heavy atom. The van der Waals surface area contributed by atoms with Crippen LogP contribution in [0.1, 0.15) is 17.3 Å². The van der Waals surface area contributed by atoms with Crippen LogP contribution >= 0.6 is 23.2 Å². The average molecular weight is 299 g/mol. The van der Waals surface area contributed by atoms with Crippen LogP contribution in [0.5, 0.6) is 5.88 Å². The minimum atomic E-state index is -0.463. The number of nitrogens with two attached hydrogens (primary N) is 1. The Balaban J connectivity index is 2.53.